The molecule has 2 heterocycles. The highest BCUT2D eigenvalue weighted by Crippen LogP contribution is 2.38. The average Bonchev–Trinajstić information content (AvgIpc) is 2.59. The van der Waals surface area contributed by atoms with Crippen molar-refractivity contribution in [3.05, 3.63) is 35.4 Å². The number of hydroxylamine groups is 1. The second-order valence-electron chi connectivity index (χ2n) is 6.42. The van der Waals surface area contributed by atoms with Crippen molar-refractivity contribution in [1.82, 2.24) is 10.4 Å². The average molecular weight is 330 g/mol. The Morgan fingerprint density at radius 3 is 3.08 bits per heavy atom. The molecule has 1 atom stereocenters. The summed E-state index contributed by atoms with van der Waals surface area (Å²) in [5, 5.41) is 8.50. The molecule has 2 aliphatic rings. The van der Waals surface area contributed by atoms with E-state index in [9.17, 15) is 9.59 Å². The number of Topliss-reactive ketones (excluding diaryl/α,β-unsaturated/α-hetero) is 1. The molecule has 3 rings (SSSR count). The predicted octanol–water partition coefficient (Wildman–Crippen LogP) is 2.02. The van der Waals surface area contributed by atoms with Gasteiger partial charge in [0.15, 0.2) is 5.78 Å². The summed E-state index contributed by atoms with van der Waals surface area (Å²) in [5.41, 5.74) is 2.39. The molecule has 24 heavy (non-hydrogen) atoms. The first-order valence-corrected chi connectivity index (χ1v) is 8.26. The zero-order valence-corrected chi connectivity index (χ0v) is 13.7. The number of amides is 1. The Morgan fingerprint density at radius 1 is 1.50 bits per heavy atom. The molecule has 0 aromatic heterocycles. The van der Waals surface area contributed by atoms with E-state index in [0.29, 0.717) is 23.3 Å². The van der Waals surface area contributed by atoms with E-state index in [2.05, 4.69) is 11.8 Å². The smallest absolute Gasteiger partial charge is 0.267 e. The molecule has 0 saturated carbocycles. The molecule has 1 aromatic carbocycles. The first-order chi connectivity index (χ1) is 11.5. The Hall–Kier alpha value is -2.18. The van der Waals surface area contributed by atoms with Gasteiger partial charge in [-0.3, -0.25) is 19.7 Å². The highest BCUT2D eigenvalue weighted by atomic mass is 16.5. The lowest BCUT2D eigenvalue weighted by Crippen LogP contribution is -2.54. The summed E-state index contributed by atoms with van der Waals surface area (Å²) < 4.78 is 6.26. The fraction of sp³-hybridized carbons (Fsp3) is 0.444. The van der Waals surface area contributed by atoms with Crippen LogP contribution >= 0.6 is 0 Å². The van der Waals surface area contributed by atoms with Gasteiger partial charge in [0.25, 0.3) is 5.91 Å². The zero-order chi connectivity index (χ0) is 17.2. The van der Waals surface area contributed by atoms with Crippen molar-refractivity contribution in [2.24, 2.45) is 0 Å². The molecule has 1 unspecified atom stereocenters. The Balaban J connectivity index is 1.83. The fourth-order valence-electron chi connectivity index (χ4n) is 3.51. The number of nitrogens with zero attached hydrogens (tertiary/aromatic N) is 1. The van der Waals surface area contributed by atoms with Crippen LogP contribution in [-0.2, 0) is 4.79 Å². The van der Waals surface area contributed by atoms with Gasteiger partial charge in [0.2, 0.25) is 0 Å². The van der Waals surface area contributed by atoms with E-state index >= 15 is 0 Å². The minimum Gasteiger partial charge on any atom is -0.485 e. The standard InChI is InChI=1S/C18H22N2O4/c1-2-20-9-3-8-18(12-20)11-15(21)14-10-13(4-6-16(14)24-18)5-7-17(22)19-23/h4-7,10,23H,2-3,8-9,11-12H2,1H3,(H,19,22)/b7-5+. The number of carbonyl (C=O) groups is 2. The number of ether oxygens (including phenoxy) is 1. The van der Waals surface area contributed by atoms with Gasteiger partial charge in [-0.1, -0.05) is 13.0 Å². The Bertz CT molecular complexity index is 686. The highest BCUT2D eigenvalue weighted by Gasteiger charge is 2.43. The van der Waals surface area contributed by atoms with Gasteiger partial charge >= 0.3 is 0 Å². The van der Waals surface area contributed by atoms with Crippen molar-refractivity contribution in [3.8, 4) is 5.75 Å². The lowest BCUT2D eigenvalue weighted by atomic mass is 9.83. The Labute approximate surface area is 141 Å². The maximum atomic E-state index is 12.7. The van der Waals surface area contributed by atoms with Gasteiger partial charge in [0.05, 0.1) is 12.0 Å². The van der Waals surface area contributed by atoms with Gasteiger partial charge in [-0.15, -0.1) is 0 Å². The van der Waals surface area contributed by atoms with Crippen LogP contribution in [0, 0.1) is 0 Å². The van der Waals surface area contributed by atoms with Crippen molar-refractivity contribution in [1.29, 1.82) is 0 Å². The predicted molar refractivity (Wildman–Crippen MR) is 89.1 cm³/mol. The number of likely N-dealkylation sites (tertiary alicyclic amines) is 1. The third-order valence-electron chi connectivity index (χ3n) is 4.72. The number of nitrogens with one attached hydrogen (secondary N) is 1. The molecule has 1 spiro atoms. The van der Waals surface area contributed by atoms with Crippen molar-refractivity contribution in [3.63, 3.8) is 0 Å². The van der Waals surface area contributed by atoms with E-state index in [4.69, 9.17) is 9.94 Å². The van der Waals surface area contributed by atoms with E-state index in [-0.39, 0.29) is 5.78 Å². The minimum absolute atomic E-state index is 0.0797. The van der Waals surface area contributed by atoms with Crippen LogP contribution in [0.15, 0.2) is 24.3 Å². The quantitative estimate of drug-likeness (QED) is 0.504. The number of hydrogen-bond donors (Lipinski definition) is 2. The van der Waals surface area contributed by atoms with Gasteiger partial charge in [0, 0.05) is 12.6 Å². The first kappa shape index (κ1) is 16.7. The Kier molecular flexibility index (Phi) is 4.69. The molecule has 128 valence electrons. The number of likely N-dealkylation sites (N-methyl/N-ethyl adjacent to an activating group) is 1. The molecule has 1 amide bonds. The summed E-state index contributed by atoms with van der Waals surface area (Å²) in [4.78, 5) is 26.0. The molecule has 2 N–H and O–H groups in total. The molecule has 1 fully saturated rings. The third kappa shape index (κ3) is 3.34. The lowest BCUT2D eigenvalue weighted by Gasteiger charge is -2.44. The minimum atomic E-state index is -0.615. The zero-order valence-electron chi connectivity index (χ0n) is 13.7. The number of rotatable bonds is 3. The van der Waals surface area contributed by atoms with Crippen molar-refractivity contribution >= 4 is 17.8 Å². The van der Waals surface area contributed by atoms with Gasteiger partial charge < -0.3 is 4.74 Å². The van der Waals surface area contributed by atoms with Gasteiger partial charge in [-0.2, -0.15) is 0 Å². The summed E-state index contributed by atoms with van der Waals surface area (Å²) in [6.45, 7) is 4.92. The lowest BCUT2D eigenvalue weighted by molar-refractivity contribution is -0.124. The number of fused-ring (bicyclic) bond motifs is 1. The van der Waals surface area contributed by atoms with Crippen LogP contribution in [0.25, 0.3) is 6.08 Å². The molecule has 2 aliphatic heterocycles. The molecule has 6 heteroatoms. The number of benzene rings is 1. The second kappa shape index (κ2) is 6.75. The SMILES string of the molecule is CCN1CCCC2(CC(=O)c3cc(/C=C/C(=O)NO)ccc3O2)C1. The van der Waals surface area contributed by atoms with Crippen LogP contribution in [0.5, 0.6) is 5.75 Å². The van der Waals surface area contributed by atoms with Crippen LogP contribution in [0.4, 0.5) is 0 Å². The topological polar surface area (TPSA) is 78.9 Å². The third-order valence-corrected chi connectivity index (χ3v) is 4.72. The number of piperidine rings is 1. The molecule has 0 bridgehead atoms. The van der Waals surface area contributed by atoms with Crippen LogP contribution in [0.3, 0.4) is 0 Å². The van der Waals surface area contributed by atoms with Crippen LogP contribution in [0.2, 0.25) is 0 Å². The summed E-state index contributed by atoms with van der Waals surface area (Å²) >= 11 is 0. The van der Waals surface area contributed by atoms with Crippen molar-refractivity contribution in [2.45, 2.75) is 31.8 Å². The molecular weight excluding hydrogens is 308 g/mol. The first-order valence-electron chi connectivity index (χ1n) is 8.26. The molecule has 0 aliphatic carbocycles. The molecule has 1 aromatic rings. The maximum absolute atomic E-state index is 12.7. The van der Waals surface area contributed by atoms with E-state index in [1.165, 1.54) is 11.6 Å². The van der Waals surface area contributed by atoms with E-state index in [0.717, 1.165) is 32.5 Å². The van der Waals surface area contributed by atoms with E-state index in [1.54, 1.807) is 24.3 Å². The molecule has 1 saturated heterocycles. The van der Waals surface area contributed by atoms with Crippen LogP contribution in [0.1, 0.15) is 42.1 Å². The fourth-order valence-corrected chi connectivity index (χ4v) is 3.51. The van der Waals surface area contributed by atoms with Crippen LogP contribution in [-0.4, -0.2) is 47.0 Å². The number of ketones is 1. The molecule has 6 nitrogen and oxygen atoms in total. The summed E-state index contributed by atoms with van der Waals surface area (Å²) in [6.07, 6.45) is 5.07. The summed E-state index contributed by atoms with van der Waals surface area (Å²) in [5.74, 6) is 0.0835. The van der Waals surface area contributed by atoms with Crippen molar-refractivity contribution < 1.29 is 19.5 Å². The van der Waals surface area contributed by atoms with Gasteiger partial charge in [-0.05, 0) is 49.7 Å². The van der Waals surface area contributed by atoms with E-state index in [1.807, 2.05) is 0 Å². The van der Waals surface area contributed by atoms with Gasteiger partial charge in [0.1, 0.15) is 11.4 Å². The monoisotopic (exact) mass is 330 g/mol. The maximum Gasteiger partial charge on any atom is 0.267 e. The highest BCUT2D eigenvalue weighted by molar-refractivity contribution is 6.01. The normalized spacial score (nSPS) is 24.0. The summed E-state index contributed by atoms with van der Waals surface area (Å²) in [6, 6.07) is 5.31. The number of carbonyl (C=O) groups excluding carboxylic acids is 2. The van der Waals surface area contributed by atoms with E-state index < -0.39 is 11.5 Å². The second-order valence-corrected chi connectivity index (χ2v) is 6.42. The van der Waals surface area contributed by atoms with Crippen LogP contribution < -0.4 is 10.2 Å². The Morgan fingerprint density at radius 2 is 2.33 bits per heavy atom. The van der Waals surface area contributed by atoms with Crippen molar-refractivity contribution in [2.75, 3.05) is 19.6 Å². The number of hydrogen-bond acceptors (Lipinski definition) is 5. The largest absolute Gasteiger partial charge is 0.485 e. The molecular formula is C18H22N2O4. The summed E-state index contributed by atoms with van der Waals surface area (Å²) in [7, 11) is 0. The van der Waals surface area contributed by atoms with Gasteiger partial charge in [-0.25, -0.2) is 5.48 Å². The molecule has 0 radical (unpaired) electrons.